The van der Waals surface area contributed by atoms with Gasteiger partial charge in [0.1, 0.15) is 0 Å². The summed E-state index contributed by atoms with van der Waals surface area (Å²) in [4.78, 5) is 25.0. The summed E-state index contributed by atoms with van der Waals surface area (Å²) in [6, 6.07) is 18.1. The zero-order valence-corrected chi connectivity index (χ0v) is 16.4. The van der Waals surface area contributed by atoms with Crippen molar-refractivity contribution < 1.29 is 34.8 Å². The maximum absolute atomic E-state index is 12.3. The number of aliphatic imine (C=N–C) groups is 1. The number of aliphatic hydroxyl groups is 1. The van der Waals surface area contributed by atoms with Crippen molar-refractivity contribution in [2.45, 2.75) is 20.4 Å². The van der Waals surface area contributed by atoms with Crippen molar-refractivity contribution in [2.24, 2.45) is 4.99 Å². The van der Waals surface area contributed by atoms with E-state index in [1.807, 2.05) is 42.5 Å². The average molecular weight is 514 g/mol. The van der Waals surface area contributed by atoms with Crippen LogP contribution >= 0.6 is 0 Å². The second kappa shape index (κ2) is 9.82. The first-order valence-electron chi connectivity index (χ1n) is 7.53. The number of carbonyl (C=O) groups is 1. The summed E-state index contributed by atoms with van der Waals surface area (Å²) in [5, 5.41) is 8.40. The molecule has 0 fully saturated rings. The van der Waals surface area contributed by atoms with Gasteiger partial charge in [0.05, 0.1) is 25.3 Å². The zero-order chi connectivity index (χ0) is 17.5. The molecular weight excluding hydrogens is 494 g/mol. The fourth-order valence-electron chi connectivity index (χ4n) is 2.29. The molecule has 131 valence electrons. The van der Waals surface area contributed by atoms with Gasteiger partial charge in [-0.25, -0.2) is 0 Å². The molecule has 1 aliphatic heterocycles. The Labute approximate surface area is 160 Å². The first kappa shape index (κ1) is 20.7. The molecule has 0 unspecified atom stereocenters. The molecule has 1 aliphatic rings. The molecule has 2 N–H and O–H groups in total. The van der Waals surface area contributed by atoms with Gasteiger partial charge in [0.15, 0.2) is 5.78 Å². The van der Waals surface area contributed by atoms with Gasteiger partial charge in [0.25, 0.3) is 0 Å². The molecule has 1 heterocycles. The van der Waals surface area contributed by atoms with Crippen molar-refractivity contribution in [3.05, 3.63) is 83.1 Å². The first-order valence-corrected chi connectivity index (χ1v) is 7.53. The summed E-state index contributed by atoms with van der Waals surface area (Å²) in [6.07, 6.45) is 1.28. The molecule has 0 atom stereocenters. The standard InChI is InChI=1S/C15H10NO.C5H8O2.Ir/c17-15-13-9-5-4-8-12(13)10-16-14(15)11-6-2-1-3-7-11;1-4(6)3-5(2)7;/h1-6,8-9H,10H2;3,6H,1-2H3;/q-1;;/p+1/b;4-3-;. The van der Waals surface area contributed by atoms with Gasteiger partial charge in [-0.15, -0.1) is 35.9 Å². The molecule has 0 bridgehead atoms. The Bertz CT molecular complexity index is 807. The van der Waals surface area contributed by atoms with Crippen molar-refractivity contribution in [1.82, 2.24) is 0 Å². The van der Waals surface area contributed by atoms with E-state index in [2.05, 4.69) is 11.1 Å². The maximum Gasteiger partial charge on any atom is 0.316 e. The van der Waals surface area contributed by atoms with Gasteiger partial charge >= 0.3 is 5.78 Å². The molecule has 2 aromatic rings. The topological polar surface area (TPSA) is 71.1 Å². The summed E-state index contributed by atoms with van der Waals surface area (Å²) in [7, 11) is 0. The third kappa shape index (κ3) is 5.89. The molecule has 0 aliphatic carbocycles. The van der Waals surface area contributed by atoms with Crippen LogP contribution in [-0.2, 0) is 26.7 Å². The minimum Gasteiger partial charge on any atom is -0.512 e. The largest absolute Gasteiger partial charge is 0.512 e. The summed E-state index contributed by atoms with van der Waals surface area (Å²) >= 11 is 0. The molecule has 5 heteroatoms. The van der Waals surface area contributed by atoms with Crippen molar-refractivity contribution >= 4 is 17.3 Å². The Morgan fingerprint density at radius 1 is 1.20 bits per heavy atom. The van der Waals surface area contributed by atoms with E-state index in [0.29, 0.717) is 12.3 Å². The van der Waals surface area contributed by atoms with E-state index in [-0.39, 0.29) is 37.4 Å². The molecule has 25 heavy (non-hydrogen) atoms. The van der Waals surface area contributed by atoms with Crippen molar-refractivity contribution in [2.75, 3.05) is 0 Å². The van der Waals surface area contributed by atoms with Crippen molar-refractivity contribution in [3.8, 4) is 0 Å². The second-order valence-corrected chi connectivity index (χ2v) is 5.35. The number of benzene rings is 2. The number of allylic oxidation sites excluding steroid dienone is 2. The van der Waals surface area contributed by atoms with Crippen LogP contribution in [0.25, 0.3) is 0 Å². The zero-order valence-electron chi connectivity index (χ0n) is 14.0. The van der Waals surface area contributed by atoms with Crippen LogP contribution in [0.1, 0.15) is 35.3 Å². The Morgan fingerprint density at radius 2 is 1.88 bits per heavy atom. The van der Waals surface area contributed by atoms with E-state index in [4.69, 9.17) is 9.90 Å². The smallest absolute Gasteiger partial charge is 0.316 e. The van der Waals surface area contributed by atoms with E-state index < -0.39 is 0 Å². The third-order valence-corrected chi connectivity index (χ3v) is 3.27. The monoisotopic (exact) mass is 514 g/mol. The number of rotatable bonds is 2. The third-order valence-electron chi connectivity index (χ3n) is 3.27. The number of hydrogen-bond acceptors (Lipinski definition) is 3. The summed E-state index contributed by atoms with van der Waals surface area (Å²) in [5.74, 6) is 0.245. The summed E-state index contributed by atoms with van der Waals surface area (Å²) in [6.45, 7) is 3.57. The van der Waals surface area contributed by atoms with E-state index in [1.165, 1.54) is 19.9 Å². The van der Waals surface area contributed by atoms with Crippen LogP contribution in [-0.4, -0.2) is 27.2 Å². The summed E-state index contributed by atoms with van der Waals surface area (Å²) in [5.41, 5.74) is 3.04. The predicted octanol–water partition coefficient (Wildman–Crippen LogP) is 3.68. The maximum atomic E-state index is 12.3. The minimum atomic E-state index is -0.00528. The number of carbonyl (C=O) groups excluding carboxylic acids is 2. The molecule has 0 aromatic heterocycles. The fourth-order valence-corrected chi connectivity index (χ4v) is 2.29. The van der Waals surface area contributed by atoms with Crippen LogP contribution in [0.2, 0.25) is 0 Å². The molecule has 0 saturated carbocycles. The Kier molecular flexibility index (Phi) is 8.12. The van der Waals surface area contributed by atoms with E-state index in [1.54, 1.807) is 6.07 Å². The first-order chi connectivity index (χ1) is 11.5. The summed E-state index contributed by atoms with van der Waals surface area (Å²) < 4.78 is 0. The normalized spacial score (nSPS) is 12.8. The molecule has 0 spiro atoms. The molecule has 4 nitrogen and oxygen atoms in total. The van der Waals surface area contributed by atoms with Gasteiger partial charge in [-0.1, -0.05) is 24.3 Å². The van der Waals surface area contributed by atoms with Crippen molar-refractivity contribution in [3.63, 3.8) is 0 Å². The minimum absolute atomic E-state index is 0. The molecule has 2 aromatic carbocycles. The van der Waals surface area contributed by atoms with Crippen molar-refractivity contribution in [1.29, 1.82) is 0 Å². The number of ketones is 2. The number of nitrogens with zero attached hydrogens (tertiary/aromatic N) is 1. The number of fused-ring (bicyclic) bond motifs is 1. The van der Waals surface area contributed by atoms with Crippen LogP contribution in [0.3, 0.4) is 0 Å². The quantitative estimate of drug-likeness (QED) is 0.288. The van der Waals surface area contributed by atoms with Gasteiger partial charge in [0.2, 0.25) is 0 Å². The van der Waals surface area contributed by atoms with Crippen LogP contribution in [0.4, 0.5) is 0 Å². The van der Waals surface area contributed by atoms with Gasteiger partial charge in [-0.3, -0.25) is 9.59 Å². The number of aliphatic hydroxyl groups excluding tert-OH is 1. The van der Waals surface area contributed by atoms with Gasteiger partial charge in [0, 0.05) is 31.4 Å². The molecule has 0 saturated heterocycles. The van der Waals surface area contributed by atoms with Crippen LogP contribution < -0.4 is 0 Å². The van der Waals surface area contributed by atoms with Gasteiger partial charge in [-0.2, -0.15) is 0 Å². The van der Waals surface area contributed by atoms with E-state index in [0.717, 1.165) is 16.7 Å². The van der Waals surface area contributed by atoms with Crippen LogP contribution in [0, 0.1) is 6.07 Å². The molecule has 3 rings (SSSR count). The average Bonchev–Trinajstić information content (AvgIpc) is 2.55. The van der Waals surface area contributed by atoms with Crippen LogP contribution in [0.5, 0.6) is 0 Å². The van der Waals surface area contributed by atoms with Gasteiger partial charge in [-0.05, 0) is 12.5 Å². The molecular formula is C20H19IrNO3. The van der Waals surface area contributed by atoms with E-state index >= 15 is 0 Å². The number of Topliss-reactive ketones (excluding diaryl/α,β-unsaturated/α-hetero) is 1. The van der Waals surface area contributed by atoms with E-state index in [9.17, 15) is 4.79 Å². The Morgan fingerprint density at radius 3 is 2.44 bits per heavy atom. The Balaban J connectivity index is 0.000000339. The van der Waals surface area contributed by atoms with Gasteiger partial charge < -0.3 is 10.1 Å². The fraction of sp³-hybridized carbons (Fsp3) is 0.150. The predicted molar refractivity (Wildman–Crippen MR) is 95.3 cm³/mol. The Hall–Kier alpha value is -2.36. The molecule has 1 radical (unpaired) electrons. The molecule has 0 amide bonds. The second-order valence-electron chi connectivity index (χ2n) is 5.35. The SMILES string of the molecule is CC(=[OH+])/C=C(/C)O.O=C1C(c2[c-]cccc2)=NCc2ccccc21.[Ir]. The number of hydrogen-bond donors (Lipinski definition) is 1. The van der Waals surface area contributed by atoms with Crippen LogP contribution in [0.15, 0.2) is 65.4 Å².